The van der Waals surface area contributed by atoms with Gasteiger partial charge < -0.3 is 10.2 Å². The maximum absolute atomic E-state index is 9.94. The maximum Gasteiger partial charge on any atom is 0.143 e. The number of aromatic hydroxyl groups is 2. The average Bonchev–Trinajstić information content (AvgIpc) is 2.48. The van der Waals surface area contributed by atoms with Crippen LogP contribution in [-0.4, -0.2) is 10.2 Å². The van der Waals surface area contributed by atoms with Gasteiger partial charge in [0, 0.05) is 21.9 Å². The monoisotopic (exact) mass is 322 g/mol. The minimum Gasteiger partial charge on any atom is -0.506 e. The molecule has 0 heterocycles. The third-order valence-electron chi connectivity index (χ3n) is 3.02. The molecule has 0 bridgehead atoms. The van der Waals surface area contributed by atoms with Gasteiger partial charge in [-0.15, -0.1) is 10.2 Å². The molecule has 3 aromatic rings. The molecule has 0 aromatic heterocycles. The Hall–Kier alpha value is -2.39. The van der Waals surface area contributed by atoms with Gasteiger partial charge in [-0.25, -0.2) is 0 Å². The van der Waals surface area contributed by atoms with E-state index in [2.05, 4.69) is 10.2 Å². The van der Waals surface area contributed by atoms with E-state index in [1.54, 1.807) is 24.3 Å². The predicted molar refractivity (Wildman–Crippen MR) is 77.9 cm³/mol. The van der Waals surface area contributed by atoms with Crippen molar-refractivity contribution in [3.05, 3.63) is 60.7 Å². The maximum atomic E-state index is 9.94. The molecule has 0 saturated carbocycles. The van der Waals surface area contributed by atoms with Gasteiger partial charge in [-0.3, -0.25) is 0 Å². The zero-order valence-electron chi connectivity index (χ0n) is 10.9. The molecular formula is C16H12N2NiO2. The number of hydrogen-bond donors (Lipinski definition) is 2. The first-order chi connectivity index (χ1) is 9.75. The first kappa shape index (κ1) is 15.0. The Morgan fingerprint density at radius 1 is 0.667 bits per heavy atom. The first-order valence-corrected chi connectivity index (χ1v) is 6.16. The van der Waals surface area contributed by atoms with Crippen LogP contribution in [-0.2, 0) is 16.5 Å². The Morgan fingerprint density at radius 3 is 2.19 bits per heavy atom. The Bertz CT molecular complexity index is 803. The van der Waals surface area contributed by atoms with Gasteiger partial charge in [0.05, 0.1) is 0 Å². The SMILES string of the molecule is Oc1ccccc1N=Nc1c(O)ccc2ccccc12.[Ni]. The van der Waals surface area contributed by atoms with Crippen molar-refractivity contribution < 1.29 is 26.7 Å². The van der Waals surface area contributed by atoms with Crippen LogP contribution in [0.3, 0.4) is 0 Å². The summed E-state index contributed by atoms with van der Waals surface area (Å²) in [6, 6.07) is 17.7. The number of benzene rings is 3. The van der Waals surface area contributed by atoms with Gasteiger partial charge in [-0.05, 0) is 23.6 Å². The molecule has 0 atom stereocenters. The molecule has 0 saturated heterocycles. The second-order valence-corrected chi connectivity index (χ2v) is 4.34. The fraction of sp³-hybridized carbons (Fsp3) is 0. The molecule has 0 aliphatic rings. The van der Waals surface area contributed by atoms with Crippen LogP contribution >= 0.6 is 0 Å². The van der Waals surface area contributed by atoms with Gasteiger partial charge in [0.1, 0.15) is 22.9 Å². The second kappa shape index (κ2) is 6.38. The molecule has 4 nitrogen and oxygen atoms in total. The van der Waals surface area contributed by atoms with Gasteiger partial charge in [0.25, 0.3) is 0 Å². The van der Waals surface area contributed by atoms with E-state index >= 15 is 0 Å². The van der Waals surface area contributed by atoms with Crippen molar-refractivity contribution in [1.82, 2.24) is 0 Å². The minimum atomic E-state index is 0. The fourth-order valence-electron chi connectivity index (χ4n) is 2.00. The molecule has 0 aliphatic heterocycles. The summed E-state index contributed by atoms with van der Waals surface area (Å²) in [5.41, 5.74) is 0.756. The van der Waals surface area contributed by atoms with Crippen LogP contribution in [0.25, 0.3) is 10.8 Å². The summed E-state index contributed by atoms with van der Waals surface area (Å²) in [5, 5.41) is 29.5. The molecule has 21 heavy (non-hydrogen) atoms. The average molecular weight is 323 g/mol. The Balaban J connectivity index is 0.00000161. The van der Waals surface area contributed by atoms with Crippen molar-refractivity contribution in [2.24, 2.45) is 10.2 Å². The van der Waals surface area contributed by atoms with E-state index in [0.29, 0.717) is 11.4 Å². The van der Waals surface area contributed by atoms with Crippen LogP contribution in [0.15, 0.2) is 70.9 Å². The van der Waals surface area contributed by atoms with Crippen molar-refractivity contribution >= 4 is 22.1 Å². The number of azo groups is 1. The summed E-state index contributed by atoms with van der Waals surface area (Å²) in [7, 11) is 0. The second-order valence-electron chi connectivity index (χ2n) is 4.34. The Labute approximate surface area is 131 Å². The first-order valence-electron chi connectivity index (χ1n) is 6.16. The Kier molecular flexibility index (Phi) is 4.56. The van der Waals surface area contributed by atoms with Crippen molar-refractivity contribution in [3.63, 3.8) is 0 Å². The molecule has 3 rings (SSSR count). The normalized spacial score (nSPS) is 10.7. The van der Waals surface area contributed by atoms with Crippen molar-refractivity contribution in [1.29, 1.82) is 0 Å². The van der Waals surface area contributed by atoms with Gasteiger partial charge in [-0.2, -0.15) is 0 Å². The smallest absolute Gasteiger partial charge is 0.143 e. The van der Waals surface area contributed by atoms with E-state index in [0.717, 1.165) is 10.8 Å². The molecule has 0 spiro atoms. The molecule has 0 fully saturated rings. The number of phenols is 2. The summed E-state index contributed by atoms with van der Waals surface area (Å²) >= 11 is 0. The minimum absolute atomic E-state index is 0. The zero-order chi connectivity index (χ0) is 13.9. The van der Waals surface area contributed by atoms with E-state index in [9.17, 15) is 10.2 Å². The number of phenolic OH excluding ortho intramolecular Hbond substituents is 2. The molecule has 0 radical (unpaired) electrons. The van der Waals surface area contributed by atoms with E-state index in [1.807, 2.05) is 30.3 Å². The van der Waals surface area contributed by atoms with Crippen LogP contribution in [0.2, 0.25) is 0 Å². The van der Waals surface area contributed by atoms with Crippen LogP contribution in [0.5, 0.6) is 11.5 Å². The van der Waals surface area contributed by atoms with E-state index in [1.165, 1.54) is 6.07 Å². The van der Waals surface area contributed by atoms with Crippen molar-refractivity contribution in [2.45, 2.75) is 0 Å². The molecular weight excluding hydrogens is 311 g/mol. The summed E-state index contributed by atoms with van der Waals surface area (Å²) < 4.78 is 0. The number of para-hydroxylation sites is 1. The molecule has 5 heteroatoms. The number of hydrogen-bond acceptors (Lipinski definition) is 4. The van der Waals surface area contributed by atoms with Crippen LogP contribution < -0.4 is 0 Å². The summed E-state index contributed by atoms with van der Waals surface area (Å²) in [4.78, 5) is 0. The van der Waals surface area contributed by atoms with E-state index in [4.69, 9.17) is 0 Å². The van der Waals surface area contributed by atoms with Crippen LogP contribution in [0, 0.1) is 0 Å². The summed E-state index contributed by atoms with van der Waals surface area (Å²) in [6.07, 6.45) is 0. The van der Waals surface area contributed by atoms with Gasteiger partial charge in [-0.1, -0.05) is 42.5 Å². The largest absolute Gasteiger partial charge is 0.506 e. The predicted octanol–water partition coefficient (Wildman–Crippen LogP) is 4.66. The molecule has 0 unspecified atom stereocenters. The van der Waals surface area contributed by atoms with E-state index < -0.39 is 0 Å². The third-order valence-corrected chi connectivity index (χ3v) is 3.02. The van der Waals surface area contributed by atoms with Gasteiger partial charge in [0.15, 0.2) is 0 Å². The summed E-state index contributed by atoms with van der Waals surface area (Å²) in [5.74, 6) is 0.110. The van der Waals surface area contributed by atoms with Crippen LogP contribution in [0.1, 0.15) is 0 Å². The third kappa shape index (κ3) is 3.04. The number of fused-ring (bicyclic) bond motifs is 1. The molecule has 3 aromatic carbocycles. The molecule has 0 aliphatic carbocycles. The van der Waals surface area contributed by atoms with Crippen LogP contribution in [0.4, 0.5) is 11.4 Å². The number of nitrogens with zero attached hydrogens (tertiary/aromatic N) is 2. The summed E-state index contributed by atoms with van der Waals surface area (Å²) in [6.45, 7) is 0. The standard InChI is InChI=1S/C16H12N2O2.Ni/c19-14-8-4-3-7-13(14)17-18-16-12-6-2-1-5-11(12)9-10-15(16)20;/h1-10,19-20H;. The fourth-order valence-corrected chi connectivity index (χ4v) is 2.00. The quantitative estimate of drug-likeness (QED) is 0.532. The van der Waals surface area contributed by atoms with Gasteiger partial charge in [0.2, 0.25) is 0 Å². The zero-order valence-corrected chi connectivity index (χ0v) is 11.9. The van der Waals surface area contributed by atoms with Crippen molar-refractivity contribution in [3.8, 4) is 11.5 Å². The topological polar surface area (TPSA) is 65.2 Å². The molecule has 0 amide bonds. The molecule has 2 N–H and O–H groups in total. The van der Waals surface area contributed by atoms with Gasteiger partial charge >= 0.3 is 0 Å². The van der Waals surface area contributed by atoms with E-state index in [-0.39, 0.29) is 28.0 Å². The Morgan fingerprint density at radius 2 is 1.38 bits per heavy atom. The number of rotatable bonds is 2. The molecule has 108 valence electrons. The van der Waals surface area contributed by atoms with Crippen molar-refractivity contribution in [2.75, 3.05) is 0 Å².